The van der Waals surface area contributed by atoms with Crippen LogP contribution in [0.5, 0.6) is 5.75 Å². The number of unbranched alkanes of at least 4 members (excludes halogenated alkanes) is 1. The molecular weight excluding hydrogens is 308 g/mol. The third kappa shape index (κ3) is 5.48. The molecule has 144 valence electrons. The standard InChI is InChI=1S/C23H40O2/c1-9-11-12-23(10-2,16-24)15-17-13-18(21(3,4)5)20(25)19(14-17)22(6,7)8/h13-14,24-25H,9-12,15-16H2,1-8H3. The highest BCUT2D eigenvalue weighted by Crippen LogP contribution is 2.42. The van der Waals surface area contributed by atoms with Gasteiger partial charge in [0.05, 0.1) is 0 Å². The summed E-state index contributed by atoms with van der Waals surface area (Å²) in [5, 5.41) is 21.0. The number of rotatable bonds is 7. The molecule has 0 spiro atoms. The zero-order valence-electron chi connectivity index (χ0n) is 17.8. The molecule has 25 heavy (non-hydrogen) atoms. The third-order valence-electron chi connectivity index (χ3n) is 5.51. The minimum absolute atomic E-state index is 0.0582. The molecule has 0 aliphatic carbocycles. The van der Waals surface area contributed by atoms with E-state index in [1.807, 2.05) is 0 Å². The second kappa shape index (κ2) is 8.12. The average Bonchev–Trinajstić information content (AvgIpc) is 2.50. The molecule has 0 fully saturated rings. The fraction of sp³-hybridized carbons (Fsp3) is 0.739. The Labute approximate surface area is 155 Å². The number of aliphatic hydroxyl groups is 1. The lowest BCUT2D eigenvalue weighted by atomic mass is 9.73. The highest BCUT2D eigenvalue weighted by atomic mass is 16.3. The largest absolute Gasteiger partial charge is 0.507 e. The van der Waals surface area contributed by atoms with Gasteiger partial charge in [-0.05, 0) is 52.2 Å². The number of benzene rings is 1. The van der Waals surface area contributed by atoms with Gasteiger partial charge in [-0.3, -0.25) is 0 Å². The molecule has 0 amide bonds. The molecular formula is C23H40O2. The van der Waals surface area contributed by atoms with E-state index in [1.165, 1.54) is 5.56 Å². The molecule has 1 atom stereocenters. The minimum atomic E-state index is -0.113. The van der Waals surface area contributed by atoms with E-state index in [2.05, 4.69) is 67.5 Å². The van der Waals surface area contributed by atoms with Gasteiger partial charge in [-0.2, -0.15) is 0 Å². The molecule has 1 aromatic rings. The van der Waals surface area contributed by atoms with Crippen molar-refractivity contribution < 1.29 is 10.2 Å². The Hall–Kier alpha value is -1.02. The van der Waals surface area contributed by atoms with Gasteiger partial charge in [0.2, 0.25) is 0 Å². The molecule has 1 rings (SSSR count). The van der Waals surface area contributed by atoms with Crippen molar-refractivity contribution in [3.8, 4) is 5.75 Å². The lowest BCUT2D eigenvalue weighted by molar-refractivity contribution is 0.107. The highest BCUT2D eigenvalue weighted by molar-refractivity contribution is 5.50. The molecule has 0 saturated heterocycles. The molecule has 1 aromatic carbocycles. The van der Waals surface area contributed by atoms with Crippen LogP contribution in [0.1, 0.15) is 97.8 Å². The third-order valence-corrected chi connectivity index (χ3v) is 5.51. The van der Waals surface area contributed by atoms with Crippen molar-refractivity contribution in [2.24, 2.45) is 5.41 Å². The Morgan fingerprint density at radius 2 is 1.36 bits per heavy atom. The van der Waals surface area contributed by atoms with Crippen LogP contribution in [0.15, 0.2) is 12.1 Å². The molecule has 0 radical (unpaired) electrons. The van der Waals surface area contributed by atoms with Crippen LogP contribution in [0, 0.1) is 5.41 Å². The topological polar surface area (TPSA) is 40.5 Å². The van der Waals surface area contributed by atoms with E-state index in [4.69, 9.17) is 0 Å². The van der Waals surface area contributed by atoms with E-state index in [-0.39, 0.29) is 22.9 Å². The summed E-state index contributed by atoms with van der Waals surface area (Å²) in [5.74, 6) is 0.434. The van der Waals surface area contributed by atoms with Gasteiger partial charge in [0, 0.05) is 6.61 Å². The normalized spacial score (nSPS) is 15.2. The summed E-state index contributed by atoms with van der Waals surface area (Å²) in [5.41, 5.74) is 2.97. The number of aromatic hydroxyl groups is 1. The molecule has 1 unspecified atom stereocenters. The van der Waals surface area contributed by atoms with Crippen molar-refractivity contribution in [2.75, 3.05) is 6.61 Å². The predicted octanol–water partition coefficient (Wildman–Crippen LogP) is 6.11. The maximum atomic E-state index is 10.9. The molecule has 0 aliphatic rings. The summed E-state index contributed by atoms with van der Waals surface area (Å²) >= 11 is 0. The molecule has 0 bridgehead atoms. The quantitative estimate of drug-likeness (QED) is 0.624. The summed E-state index contributed by atoms with van der Waals surface area (Å²) in [7, 11) is 0. The number of phenols is 1. The zero-order valence-corrected chi connectivity index (χ0v) is 17.8. The van der Waals surface area contributed by atoms with Crippen molar-refractivity contribution in [1.29, 1.82) is 0 Å². The van der Waals surface area contributed by atoms with Crippen molar-refractivity contribution in [1.82, 2.24) is 0 Å². The summed E-state index contributed by atoms with van der Waals surface area (Å²) in [6.45, 7) is 17.5. The summed E-state index contributed by atoms with van der Waals surface area (Å²) < 4.78 is 0. The first-order chi connectivity index (χ1) is 11.4. The second-order valence-corrected chi connectivity index (χ2v) is 9.83. The van der Waals surface area contributed by atoms with Crippen molar-refractivity contribution >= 4 is 0 Å². The number of phenolic OH excluding ortho intramolecular Hbond substituents is 1. The number of hydrogen-bond donors (Lipinski definition) is 2. The highest BCUT2D eigenvalue weighted by Gasteiger charge is 2.31. The predicted molar refractivity (Wildman–Crippen MR) is 109 cm³/mol. The summed E-state index contributed by atoms with van der Waals surface area (Å²) in [6, 6.07) is 4.33. The smallest absolute Gasteiger partial charge is 0.123 e. The van der Waals surface area contributed by atoms with Crippen LogP contribution in [-0.2, 0) is 17.3 Å². The van der Waals surface area contributed by atoms with Gasteiger partial charge < -0.3 is 10.2 Å². The molecule has 2 N–H and O–H groups in total. The van der Waals surface area contributed by atoms with Crippen LogP contribution in [0.25, 0.3) is 0 Å². The Morgan fingerprint density at radius 1 is 0.880 bits per heavy atom. The van der Waals surface area contributed by atoms with E-state index in [0.29, 0.717) is 5.75 Å². The van der Waals surface area contributed by atoms with Gasteiger partial charge in [0.1, 0.15) is 5.75 Å². The van der Waals surface area contributed by atoms with Gasteiger partial charge in [-0.15, -0.1) is 0 Å². The van der Waals surface area contributed by atoms with Crippen molar-refractivity contribution in [2.45, 2.75) is 98.3 Å². The van der Waals surface area contributed by atoms with E-state index in [0.717, 1.165) is 43.2 Å². The van der Waals surface area contributed by atoms with E-state index >= 15 is 0 Å². The first kappa shape index (κ1) is 22.0. The van der Waals surface area contributed by atoms with Gasteiger partial charge in [-0.1, -0.05) is 80.4 Å². The minimum Gasteiger partial charge on any atom is -0.507 e. The average molecular weight is 349 g/mol. The molecule has 0 saturated carbocycles. The van der Waals surface area contributed by atoms with Crippen molar-refractivity contribution in [3.05, 3.63) is 28.8 Å². The Balaban J connectivity index is 3.44. The van der Waals surface area contributed by atoms with Crippen LogP contribution >= 0.6 is 0 Å². The maximum Gasteiger partial charge on any atom is 0.123 e. The SMILES string of the molecule is CCCCC(CC)(CO)Cc1cc(C(C)(C)C)c(O)c(C(C)(C)C)c1. The lowest BCUT2D eigenvalue weighted by Gasteiger charge is -2.33. The molecule has 0 aliphatic heterocycles. The van der Waals surface area contributed by atoms with Crippen LogP contribution in [0.2, 0.25) is 0 Å². The number of hydrogen-bond acceptors (Lipinski definition) is 2. The van der Waals surface area contributed by atoms with Gasteiger partial charge >= 0.3 is 0 Å². The van der Waals surface area contributed by atoms with Crippen molar-refractivity contribution in [3.63, 3.8) is 0 Å². The van der Waals surface area contributed by atoms with Crippen LogP contribution in [-0.4, -0.2) is 16.8 Å². The number of aliphatic hydroxyl groups excluding tert-OH is 1. The zero-order chi connectivity index (χ0) is 19.5. The van der Waals surface area contributed by atoms with Gasteiger partial charge in [0.25, 0.3) is 0 Å². The molecule has 2 nitrogen and oxygen atoms in total. The summed E-state index contributed by atoms with van der Waals surface area (Å²) in [6.07, 6.45) is 5.18. The molecule has 0 heterocycles. The van der Waals surface area contributed by atoms with Gasteiger partial charge in [-0.25, -0.2) is 0 Å². The van der Waals surface area contributed by atoms with Crippen LogP contribution in [0.3, 0.4) is 0 Å². The second-order valence-electron chi connectivity index (χ2n) is 9.83. The Kier molecular flexibility index (Phi) is 7.15. The fourth-order valence-electron chi connectivity index (χ4n) is 3.56. The van der Waals surface area contributed by atoms with Gasteiger partial charge in [0.15, 0.2) is 0 Å². The Bertz CT molecular complexity index is 519. The maximum absolute atomic E-state index is 10.9. The Morgan fingerprint density at radius 3 is 1.68 bits per heavy atom. The molecule has 0 aromatic heterocycles. The molecule has 2 heteroatoms. The van der Waals surface area contributed by atoms with E-state index in [9.17, 15) is 10.2 Å². The monoisotopic (exact) mass is 348 g/mol. The van der Waals surface area contributed by atoms with E-state index < -0.39 is 0 Å². The summed E-state index contributed by atoms with van der Waals surface area (Å²) in [4.78, 5) is 0. The first-order valence-corrected chi connectivity index (χ1v) is 9.88. The van der Waals surface area contributed by atoms with E-state index in [1.54, 1.807) is 0 Å². The van der Waals surface area contributed by atoms with Crippen LogP contribution in [0.4, 0.5) is 0 Å². The van der Waals surface area contributed by atoms with Crippen LogP contribution < -0.4 is 0 Å². The first-order valence-electron chi connectivity index (χ1n) is 9.88. The fourth-order valence-corrected chi connectivity index (χ4v) is 3.56. The lowest BCUT2D eigenvalue weighted by Crippen LogP contribution is -2.28.